The van der Waals surface area contributed by atoms with E-state index in [2.05, 4.69) is 51.7 Å². The third kappa shape index (κ3) is 2.91. The smallest absolute Gasteiger partial charge is 0.0984 e. The fourth-order valence-corrected chi connectivity index (χ4v) is 3.80. The van der Waals surface area contributed by atoms with Crippen molar-refractivity contribution in [1.29, 1.82) is 0 Å². The first-order valence-corrected chi connectivity index (χ1v) is 8.13. The van der Waals surface area contributed by atoms with E-state index < -0.39 is 0 Å². The largest absolute Gasteiger partial charge is 0.270 e. The van der Waals surface area contributed by atoms with Gasteiger partial charge in [-0.15, -0.1) is 11.3 Å². The van der Waals surface area contributed by atoms with E-state index in [9.17, 15) is 0 Å². The van der Waals surface area contributed by atoms with Crippen LogP contribution in [-0.4, -0.2) is 9.78 Å². The summed E-state index contributed by atoms with van der Waals surface area (Å²) < 4.78 is 3.02. The molecule has 2 rings (SSSR count). The Kier molecular flexibility index (Phi) is 5.15. The Morgan fingerprint density at radius 1 is 1.53 bits per heavy atom. The van der Waals surface area contributed by atoms with Gasteiger partial charge in [0.25, 0.3) is 0 Å². The SMILES string of the molecule is CCCn1ncc(Br)c1C(NN)c1sccc1CC. The summed E-state index contributed by atoms with van der Waals surface area (Å²) in [6, 6.07) is 2.15. The van der Waals surface area contributed by atoms with Gasteiger partial charge in [-0.05, 0) is 45.8 Å². The van der Waals surface area contributed by atoms with E-state index in [-0.39, 0.29) is 6.04 Å². The molecule has 6 heteroatoms. The molecule has 2 aromatic rings. The summed E-state index contributed by atoms with van der Waals surface area (Å²) in [6.45, 7) is 5.20. The zero-order valence-electron chi connectivity index (χ0n) is 11.2. The summed E-state index contributed by atoms with van der Waals surface area (Å²) in [5, 5.41) is 6.54. The molecule has 1 unspecified atom stereocenters. The Hall–Kier alpha value is -0.690. The maximum absolute atomic E-state index is 5.81. The molecule has 0 spiro atoms. The molecule has 0 aliphatic carbocycles. The van der Waals surface area contributed by atoms with Crippen molar-refractivity contribution in [2.75, 3.05) is 0 Å². The lowest BCUT2D eigenvalue weighted by Gasteiger charge is -2.18. The van der Waals surface area contributed by atoms with Crippen LogP contribution in [0.3, 0.4) is 0 Å². The van der Waals surface area contributed by atoms with Gasteiger partial charge >= 0.3 is 0 Å². The van der Waals surface area contributed by atoms with Crippen LogP contribution < -0.4 is 11.3 Å². The van der Waals surface area contributed by atoms with Crippen LogP contribution in [0.4, 0.5) is 0 Å². The van der Waals surface area contributed by atoms with Crippen molar-refractivity contribution in [1.82, 2.24) is 15.2 Å². The van der Waals surface area contributed by atoms with E-state index in [0.717, 1.165) is 29.6 Å². The number of nitrogens with one attached hydrogen (secondary N) is 1. The molecule has 0 fully saturated rings. The van der Waals surface area contributed by atoms with Crippen molar-refractivity contribution in [3.05, 3.63) is 38.3 Å². The quantitative estimate of drug-likeness (QED) is 0.625. The molecule has 0 radical (unpaired) electrons. The monoisotopic (exact) mass is 342 g/mol. The molecule has 0 bridgehead atoms. The number of aryl methyl sites for hydroxylation is 2. The first-order valence-electron chi connectivity index (χ1n) is 6.46. The highest BCUT2D eigenvalue weighted by molar-refractivity contribution is 9.10. The highest BCUT2D eigenvalue weighted by Crippen LogP contribution is 2.33. The molecule has 0 aromatic carbocycles. The zero-order chi connectivity index (χ0) is 13.8. The number of thiophene rings is 1. The maximum atomic E-state index is 5.81. The van der Waals surface area contributed by atoms with Crippen LogP contribution in [0, 0.1) is 0 Å². The molecule has 0 amide bonds. The summed E-state index contributed by atoms with van der Waals surface area (Å²) in [7, 11) is 0. The minimum absolute atomic E-state index is 0.0154. The molecule has 0 aliphatic rings. The second kappa shape index (κ2) is 6.65. The third-order valence-electron chi connectivity index (χ3n) is 3.13. The lowest BCUT2D eigenvalue weighted by molar-refractivity contribution is 0.522. The van der Waals surface area contributed by atoms with Gasteiger partial charge in [0.2, 0.25) is 0 Å². The number of rotatable bonds is 6. The predicted octanol–water partition coefficient (Wildman–Crippen LogP) is 3.23. The summed E-state index contributed by atoms with van der Waals surface area (Å²) in [5.41, 5.74) is 5.38. The highest BCUT2D eigenvalue weighted by atomic mass is 79.9. The summed E-state index contributed by atoms with van der Waals surface area (Å²) >= 11 is 5.32. The lowest BCUT2D eigenvalue weighted by Crippen LogP contribution is -2.31. The van der Waals surface area contributed by atoms with Crippen LogP contribution in [0.5, 0.6) is 0 Å². The fraction of sp³-hybridized carbons (Fsp3) is 0.462. The topological polar surface area (TPSA) is 55.9 Å². The van der Waals surface area contributed by atoms with Crippen molar-refractivity contribution in [2.24, 2.45) is 5.84 Å². The minimum atomic E-state index is -0.0154. The zero-order valence-corrected chi connectivity index (χ0v) is 13.6. The van der Waals surface area contributed by atoms with Gasteiger partial charge in [-0.3, -0.25) is 10.5 Å². The molecule has 1 atom stereocenters. The van der Waals surface area contributed by atoms with E-state index >= 15 is 0 Å². The van der Waals surface area contributed by atoms with Crippen LogP contribution in [0.25, 0.3) is 0 Å². The van der Waals surface area contributed by atoms with Crippen LogP contribution in [0.1, 0.15) is 42.4 Å². The highest BCUT2D eigenvalue weighted by Gasteiger charge is 2.23. The van der Waals surface area contributed by atoms with Crippen LogP contribution in [0.2, 0.25) is 0 Å². The molecule has 104 valence electrons. The van der Waals surface area contributed by atoms with E-state index in [4.69, 9.17) is 5.84 Å². The first kappa shape index (κ1) is 14.7. The molecule has 2 heterocycles. The average molecular weight is 343 g/mol. The molecule has 2 aromatic heterocycles. The second-order valence-corrected chi connectivity index (χ2v) is 6.17. The number of hydrogen-bond acceptors (Lipinski definition) is 4. The standard InChI is InChI=1S/C13H19BrN4S/c1-3-6-18-12(10(14)8-16-18)11(17-15)13-9(4-2)5-7-19-13/h5,7-8,11,17H,3-4,6,15H2,1-2H3. The van der Waals surface area contributed by atoms with Crippen LogP contribution in [0.15, 0.2) is 22.1 Å². The number of nitrogens with zero attached hydrogens (tertiary/aromatic N) is 2. The minimum Gasteiger partial charge on any atom is -0.270 e. The molecule has 0 aliphatic heterocycles. The van der Waals surface area contributed by atoms with E-state index in [1.54, 1.807) is 11.3 Å². The number of halogens is 1. The first-order chi connectivity index (χ1) is 9.22. The Morgan fingerprint density at radius 3 is 2.95 bits per heavy atom. The van der Waals surface area contributed by atoms with Crippen molar-refractivity contribution in [3.63, 3.8) is 0 Å². The van der Waals surface area contributed by atoms with Crippen molar-refractivity contribution in [2.45, 2.75) is 39.3 Å². The number of hydrogen-bond donors (Lipinski definition) is 2. The summed E-state index contributed by atoms with van der Waals surface area (Å²) in [5.74, 6) is 5.81. The van der Waals surface area contributed by atoms with Gasteiger partial charge in [-0.2, -0.15) is 5.10 Å². The molecule has 19 heavy (non-hydrogen) atoms. The van der Waals surface area contributed by atoms with Gasteiger partial charge in [0.15, 0.2) is 0 Å². The van der Waals surface area contributed by atoms with Gasteiger partial charge in [0.1, 0.15) is 0 Å². The predicted molar refractivity (Wildman–Crippen MR) is 83.1 cm³/mol. The Bertz CT molecular complexity index is 534. The molecule has 4 nitrogen and oxygen atoms in total. The van der Waals surface area contributed by atoms with E-state index in [1.807, 2.05) is 10.9 Å². The van der Waals surface area contributed by atoms with Crippen molar-refractivity contribution >= 4 is 27.3 Å². The number of hydrazine groups is 1. The molecular formula is C13H19BrN4S. The molecule has 3 N–H and O–H groups in total. The normalized spacial score (nSPS) is 12.8. The maximum Gasteiger partial charge on any atom is 0.0984 e. The van der Waals surface area contributed by atoms with Crippen molar-refractivity contribution in [3.8, 4) is 0 Å². The number of aromatic nitrogens is 2. The molecule has 0 saturated heterocycles. The average Bonchev–Trinajstić information content (AvgIpc) is 3.01. The summed E-state index contributed by atoms with van der Waals surface area (Å²) in [4.78, 5) is 1.27. The molecular weight excluding hydrogens is 324 g/mol. The van der Waals surface area contributed by atoms with Gasteiger partial charge in [-0.1, -0.05) is 13.8 Å². The van der Waals surface area contributed by atoms with Crippen molar-refractivity contribution < 1.29 is 0 Å². The fourth-order valence-electron chi connectivity index (χ4n) is 2.22. The Labute approximate surface area is 126 Å². The number of nitrogens with two attached hydrogens (primary N) is 1. The van der Waals surface area contributed by atoms with Gasteiger partial charge in [0, 0.05) is 11.4 Å². The van der Waals surface area contributed by atoms with E-state index in [1.165, 1.54) is 10.4 Å². The van der Waals surface area contributed by atoms with E-state index in [0.29, 0.717) is 0 Å². The van der Waals surface area contributed by atoms with Crippen LogP contribution >= 0.6 is 27.3 Å². The Morgan fingerprint density at radius 2 is 2.32 bits per heavy atom. The third-order valence-corrected chi connectivity index (χ3v) is 4.77. The van der Waals surface area contributed by atoms with Crippen LogP contribution in [-0.2, 0) is 13.0 Å². The Balaban J connectivity index is 2.45. The van der Waals surface area contributed by atoms with Gasteiger partial charge < -0.3 is 0 Å². The summed E-state index contributed by atoms with van der Waals surface area (Å²) in [6.07, 6.45) is 3.90. The van der Waals surface area contributed by atoms with Gasteiger partial charge in [0.05, 0.1) is 22.4 Å². The van der Waals surface area contributed by atoms with Gasteiger partial charge in [-0.25, -0.2) is 5.43 Å². The lowest BCUT2D eigenvalue weighted by atomic mass is 10.1. The molecule has 0 saturated carbocycles. The second-order valence-electron chi connectivity index (χ2n) is 4.36.